The van der Waals surface area contributed by atoms with Crippen molar-refractivity contribution in [3.63, 3.8) is 0 Å². The van der Waals surface area contributed by atoms with Gasteiger partial charge in [0.05, 0.1) is 17.7 Å². The number of aryl methyl sites for hydroxylation is 1. The number of hydrogen-bond acceptors (Lipinski definition) is 4. The van der Waals surface area contributed by atoms with E-state index in [0.29, 0.717) is 22.0 Å². The van der Waals surface area contributed by atoms with Gasteiger partial charge in [-0.2, -0.15) is 0 Å². The van der Waals surface area contributed by atoms with Crippen molar-refractivity contribution in [1.82, 2.24) is 0 Å². The minimum Gasteiger partial charge on any atom is -0.465 e. The van der Waals surface area contributed by atoms with Gasteiger partial charge in [-0.1, -0.05) is 12.1 Å². The van der Waals surface area contributed by atoms with Crippen molar-refractivity contribution >= 4 is 28.9 Å². The second-order valence-electron chi connectivity index (χ2n) is 4.96. The van der Waals surface area contributed by atoms with Crippen LogP contribution in [0, 0.1) is 5.82 Å². The number of amides is 1. The number of rotatable bonds is 2. The van der Waals surface area contributed by atoms with Crippen LogP contribution in [-0.2, 0) is 11.2 Å². The Morgan fingerprint density at radius 3 is 2.77 bits per heavy atom. The number of esters is 1. The maximum atomic E-state index is 14.1. The zero-order valence-corrected chi connectivity index (χ0v) is 12.8. The highest BCUT2D eigenvalue weighted by Gasteiger charge is 2.27. The predicted octanol–water partition coefficient (Wildman–Crippen LogP) is 3.27. The quantitative estimate of drug-likeness (QED) is 0.798. The van der Waals surface area contributed by atoms with Gasteiger partial charge in [-0.15, -0.1) is 11.3 Å². The molecular weight excluding hydrogens is 305 g/mol. The summed E-state index contributed by atoms with van der Waals surface area (Å²) in [5, 5.41) is 0. The molecule has 1 aliphatic rings. The Morgan fingerprint density at radius 1 is 1.23 bits per heavy atom. The van der Waals surface area contributed by atoms with Gasteiger partial charge in [0.2, 0.25) is 0 Å². The summed E-state index contributed by atoms with van der Waals surface area (Å²) in [7, 11) is 1.29. The van der Waals surface area contributed by atoms with Crippen molar-refractivity contribution in [2.24, 2.45) is 0 Å². The molecule has 1 amide bonds. The molecule has 2 heterocycles. The first kappa shape index (κ1) is 14.7. The third-order valence-electron chi connectivity index (χ3n) is 3.62. The maximum absolute atomic E-state index is 14.1. The maximum Gasteiger partial charge on any atom is 0.348 e. The summed E-state index contributed by atoms with van der Waals surface area (Å²) in [6, 6.07) is 7.98. The van der Waals surface area contributed by atoms with E-state index in [9.17, 15) is 14.0 Å². The molecule has 0 atom stereocenters. The fourth-order valence-electron chi connectivity index (χ4n) is 2.60. The number of nitrogens with zero attached hydrogens (tertiary/aromatic N) is 1. The minimum absolute atomic E-state index is 0.286. The first-order chi connectivity index (χ1) is 10.6. The van der Waals surface area contributed by atoms with E-state index < -0.39 is 11.8 Å². The number of anilines is 1. The van der Waals surface area contributed by atoms with Crippen LogP contribution in [0.3, 0.4) is 0 Å². The van der Waals surface area contributed by atoms with Gasteiger partial charge in [-0.25, -0.2) is 9.18 Å². The molecule has 22 heavy (non-hydrogen) atoms. The average molecular weight is 319 g/mol. The second kappa shape index (κ2) is 5.88. The molecule has 0 aliphatic carbocycles. The van der Waals surface area contributed by atoms with Gasteiger partial charge in [0.25, 0.3) is 5.91 Å². The highest BCUT2D eigenvalue weighted by Crippen LogP contribution is 2.32. The fraction of sp³-hybridized carbons (Fsp3) is 0.250. The van der Waals surface area contributed by atoms with Crippen LogP contribution in [0.1, 0.15) is 31.3 Å². The molecule has 0 spiro atoms. The average Bonchev–Trinajstić information content (AvgIpc) is 3.03. The Bertz CT molecular complexity index is 741. The van der Waals surface area contributed by atoms with Crippen molar-refractivity contribution in [2.75, 3.05) is 18.6 Å². The largest absolute Gasteiger partial charge is 0.465 e. The molecule has 1 aromatic carbocycles. The Hall–Kier alpha value is -2.21. The van der Waals surface area contributed by atoms with E-state index in [1.165, 1.54) is 18.1 Å². The lowest BCUT2D eigenvalue weighted by atomic mass is 10.0. The third kappa shape index (κ3) is 2.50. The van der Waals surface area contributed by atoms with Crippen molar-refractivity contribution in [1.29, 1.82) is 0 Å². The lowest BCUT2D eigenvalue weighted by Crippen LogP contribution is -2.35. The van der Waals surface area contributed by atoms with E-state index in [0.717, 1.165) is 29.7 Å². The molecule has 4 nitrogen and oxygen atoms in total. The van der Waals surface area contributed by atoms with Crippen molar-refractivity contribution in [3.8, 4) is 0 Å². The van der Waals surface area contributed by atoms with E-state index in [1.807, 2.05) is 6.07 Å². The molecule has 0 N–H and O–H groups in total. The fourth-order valence-corrected chi connectivity index (χ4v) is 3.48. The van der Waals surface area contributed by atoms with E-state index >= 15 is 0 Å². The second-order valence-corrected chi connectivity index (χ2v) is 6.05. The summed E-state index contributed by atoms with van der Waals surface area (Å²) >= 11 is 1.06. The molecule has 6 heteroatoms. The van der Waals surface area contributed by atoms with Gasteiger partial charge in [0.15, 0.2) is 0 Å². The number of fused-ring (bicyclic) bond motifs is 1. The van der Waals surface area contributed by atoms with E-state index in [-0.39, 0.29) is 5.91 Å². The smallest absolute Gasteiger partial charge is 0.348 e. The molecule has 0 bridgehead atoms. The highest BCUT2D eigenvalue weighted by atomic mass is 32.1. The first-order valence-corrected chi connectivity index (χ1v) is 7.71. The zero-order chi connectivity index (χ0) is 15.7. The van der Waals surface area contributed by atoms with E-state index in [1.54, 1.807) is 18.2 Å². The Kier molecular flexibility index (Phi) is 3.94. The molecule has 0 fully saturated rings. The molecule has 2 aromatic rings. The molecule has 0 unspecified atom stereocenters. The van der Waals surface area contributed by atoms with Gasteiger partial charge in [-0.05, 0) is 36.6 Å². The van der Waals surface area contributed by atoms with E-state index in [4.69, 9.17) is 0 Å². The first-order valence-electron chi connectivity index (χ1n) is 6.89. The summed E-state index contributed by atoms with van der Waals surface area (Å²) in [6.07, 6.45) is 1.55. The predicted molar refractivity (Wildman–Crippen MR) is 82.1 cm³/mol. The highest BCUT2D eigenvalue weighted by molar-refractivity contribution is 7.16. The third-order valence-corrected chi connectivity index (χ3v) is 4.67. The number of halogens is 1. The van der Waals surface area contributed by atoms with Gasteiger partial charge in [0.1, 0.15) is 10.7 Å². The number of benzene rings is 1. The molecular formula is C16H14FNO3S. The molecule has 1 aromatic heterocycles. The van der Waals surface area contributed by atoms with Crippen molar-refractivity contribution < 1.29 is 18.7 Å². The summed E-state index contributed by atoms with van der Waals surface area (Å²) in [5.41, 5.74) is 1.19. The molecule has 1 aliphatic heterocycles. The number of para-hydroxylation sites is 1. The molecule has 0 saturated heterocycles. The summed E-state index contributed by atoms with van der Waals surface area (Å²) in [4.78, 5) is 26.4. The van der Waals surface area contributed by atoms with Crippen LogP contribution >= 0.6 is 11.3 Å². The molecule has 3 rings (SSSR count). The monoisotopic (exact) mass is 319 g/mol. The Labute approximate surface area is 131 Å². The zero-order valence-electron chi connectivity index (χ0n) is 12.0. The number of thiophene rings is 1. The summed E-state index contributed by atoms with van der Waals surface area (Å²) in [5.74, 6) is -1.16. The van der Waals surface area contributed by atoms with Crippen molar-refractivity contribution in [2.45, 2.75) is 12.8 Å². The Morgan fingerprint density at radius 2 is 2.00 bits per heavy atom. The Balaban J connectivity index is 1.94. The summed E-state index contributed by atoms with van der Waals surface area (Å²) < 4.78 is 18.8. The van der Waals surface area contributed by atoms with Gasteiger partial charge in [0, 0.05) is 6.54 Å². The van der Waals surface area contributed by atoms with E-state index in [2.05, 4.69) is 4.74 Å². The SMILES string of the molecule is COC(=O)c1ccc(C(=O)N2CCCc3cccc(F)c32)s1. The minimum atomic E-state index is -0.478. The van der Waals surface area contributed by atoms with Crippen LogP contribution in [0.15, 0.2) is 30.3 Å². The number of hydrogen-bond donors (Lipinski definition) is 0. The van der Waals surface area contributed by atoms with Crippen LogP contribution in [-0.4, -0.2) is 25.5 Å². The molecule has 0 radical (unpaired) electrons. The van der Waals surface area contributed by atoms with Crippen LogP contribution in [0.4, 0.5) is 10.1 Å². The lowest BCUT2D eigenvalue weighted by Gasteiger charge is -2.29. The van der Waals surface area contributed by atoms with Gasteiger partial charge in [-0.3, -0.25) is 4.79 Å². The lowest BCUT2D eigenvalue weighted by molar-refractivity contribution is 0.0606. The standard InChI is InChI=1S/C16H14FNO3S/c1-21-16(20)13-8-7-12(22-13)15(19)18-9-3-5-10-4-2-6-11(17)14(10)18/h2,4,6-8H,3,5,9H2,1H3. The number of carbonyl (C=O) groups is 2. The topological polar surface area (TPSA) is 46.6 Å². The normalized spacial score (nSPS) is 13.6. The molecule has 114 valence electrons. The summed E-state index contributed by atoms with van der Waals surface area (Å²) in [6.45, 7) is 0.470. The van der Waals surface area contributed by atoms with Gasteiger partial charge < -0.3 is 9.64 Å². The number of carbonyl (C=O) groups excluding carboxylic acids is 2. The molecule has 0 saturated carbocycles. The number of methoxy groups -OCH3 is 1. The van der Waals surface area contributed by atoms with Gasteiger partial charge >= 0.3 is 5.97 Å². The van der Waals surface area contributed by atoms with Crippen LogP contribution in [0.25, 0.3) is 0 Å². The van der Waals surface area contributed by atoms with Crippen LogP contribution < -0.4 is 4.90 Å². The number of ether oxygens (including phenoxy) is 1. The van der Waals surface area contributed by atoms with Crippen LogP contribution in [0.5, 0.6) is 0 Å². The van der Waals surface area contributed by atoms with Crippen molar-refractivity contribution in [3.05, 3.63) is 51.5 Å². The van der Waals surface area contributed by atoms with Crippen LogP contribution in [0.2, 0.25) is 0 Å².